The lowest BCUT2D eigenvalue weighted by Crippen LogP contribution is -2.26. The molecule has 0 spiro atoms. The molecule has 1 amide bonds. The van der Waals surface area contributed by atoms with E-state index in [1.165, 1.54) is 35.3 Å². The first-order valence-electron chi connectivity index (χ1n) is 15.6. The Kier molecular flexibility index (Phi) is 9.97. The summed E-state index contributed by atoms with van der Waals surface area (Å²) < 4.78 is 45.2. The summed E-state index contributed by atoms with van der Waals surface area (Å²) in [6.45, 7) is 3.87. The predicted molar refractivity (Wildman–Crippen MR) is 176 cm³/mol. The first kappa shape index (κ1) is 32.7. The van der Waals surface area contributed by atoms with Crippen LogP contribution in [0.4, 0.5) is 10.1 Å². The lowest BCUT2D eigenvalue weighted by atomic mass is 10.1. The first-order valence-corrected chi connectivity index (χ1v) is 15.6. The van der Waals surface area contributed by atoms with Crippen molar-refractivity contribution in [3.05, 3.63) is 93.9 Å². The van der Waals surface area contributed by atoms with Crippen LogP contribution in [0, 0.1) is 12.7 Å². The van der Waals surface area contributed by atoms with Crippen molar-refractivity contribution >= 4 is 22.5 Å². The van der Waals surface area contributed by atoms with Crippen molar-refractivity contribution in [3.63, 3.8) is 0 Å². The van der Waals surface area contributed by atoms with Gasteiger partial charge in [-0.25, -0.2) is 19.0 Å². The summed E-state index contributed by atoms with van der Waals surface area (Å²) in [4.78, 5) is 36.0. The molecule has 0 saturated carbocycles. The fourth-order valence-corrected chi connectivity index (χ4v) is 5.66. The van der Waals surface area contributed by atoms with Gasteiger partial charge in [0, 0.05) is 32.5 Å². The molecule has 6 rings (SSSR count). The Balaban J connectivity index is 1.25. The molecule has 1 aliphatic rings. The van der Waals surface area contributed by atoms with Crippen LogP contribution in [0.25, 0.3) is 16.6 Å². The average Bonchev–Trinajstić information content (AvgIpc) is 3.38. The van der Waals surface area contributed by atoms with Gasteiger partial charge in [-0.3, -0.25) is 14.3 Å². The Labute approximate surface area is 276 Å². The number of carbonyl (C=O) groups excluding carboxylic acids is 1. The van der Waals surface area contributed by atoms with Gasteiger partial charge in [0.1, 0.15) is 36.7 Å². The number of ether oxygens (including phenoxy) is 5. The summed E-state index contributed by atoms with van der Waals surface area (Å²) >= 11 is 0. The average molecular weight is 658 g/mol. The Morgan fingerprint density at radius 3 is 2.33 bits per heavy atom. The van der Waals surface area contributed by atoms with E-state index in [2.05, 4.69) is 15.3 Å². The maximum atomic E-state index is 13.6. The molecule has 3 aromatic carbocycles. The molecule has 1 N–H and O–H groups in total. The highest BCUT2D eigenvalue weighted by atomic mass is 19.1. The fourth-order valence-electron chi connectivity index (χ4n) is 5.66. The molecule has 0 fully saturated rings. The zero-order chi connectivity index (χ0) is 33.6. The second-order valence-electron chi connectivity index (χ2n) is 11.2. The van der Waals surface area contributed by atoms with Gasteiger partial charge < -0.3 is 29.0 Å². The minimum atomic E-state index is -0.508. The lowest BCUT2D eigenvalue weighted by Gasteiger charge is -2.19. The summed E-state index contributed by atoms with van der Waals surface area (Å²) in [6, 6.07) is 14.4. The molecular weight excluding hydrogens is 621 g/mol. The van der Waals surface area contributed by atoms with E-state index in [1.54, 1.807) is 44.6 Å². The van der Waals surface area contributed by atoms with E-state index in [1.807, 2.05) is 11.6 Å². The Bertz CT molecular complexity index is 1990. The number of nitrogens with one attached hydrogen (secondary N) is 1. The summed E-state index contributed by atoms with van der Waals surface area (Å²) in [5.41, 5.74) is 2.61. The molecule has 250 valence electrons. The van der Waals surface area contributed by atoms with Crippen LogP contribution >= 0.6 is 0 Å². The number of carbonyl (C=O) groups is 1. The number of methoxy groups -OCH3 is 2. The fraction of sp³-hybridized carbons (Fsp3) is 0.314. The third-order valence-corrected chi connectivity index (χ3v) is 7.97. The van der Waals surface area contributed by atoms with Crippen molar-refractivity contribution in [2.45, 2.75) is 32.7 Å². The molecule has 48 heavy (non-hydrogen) atoms. The van der Waals surface area contributed by atoms with Gasteiger partial charge in [-0.15, -0.1) is 0 Å². The predicted octanol–water partition coefficient (Wildman–Crippen LogP) is 5.46. The molecular formula is C35H36FN5O7. The number of rotatable bonds is 13. The van der Waals surface area contributed by atoms with E-state index < -0.39 is 17.3 Å². The number of benzene rings is 3. The maximum Gasteiger partial charge on any atom is 0.284 e. The van der Waals surface area contributed by atoms with Crippen LogP contribution in [0.5, 0.6) is 23.1 Å². The highest BCUT2D eigenvalue weighted by molar-refractivity contribution is 6.05. The molecule has 2 aromatic heterocycles. The van der Waals surface area contributed by atoms with Gasteiger partial charge in [0.05, 0.1) is 35.5 Å². The maximum absolute atomic E-state index is 13.6. The van der Waals surface area contributed by atoms with Crippen molar-refractivity contribution in [3.8, 4) is 28.8 Å². The molecule has 0 aliphatic carbocycles. The Morgan fingerprint density at radius 2 is 1.62 bits per heavy atom. The van der Waals surface area contributed by atoms with Crippen molar-refractivity contribution in [1.29, 1.82) is 0 Å². The van der Waals surface area contributed by atoms with E-state index in [0.717, 1.165) is 18.4 Å². The Hall–Kier alpha value is -5.27. The number of halogens is 1. The number of anilines is 1. The number of aromatic nitrogens is 4. The van der Waals surface area contributed by atoms with Gasteiger partial charge in [0.15, 0.2) is 11.5 Å². The first-order chi connectivity index (χ1) is 23.4. The molecule has 5 aromatic rings. The van der Waals surface area contributed by atoms with Crippen molar-refractivity contribution in [2.75, 3.05) is 46.0 Å². The monoisotopic (exact) mass is 657 g/mol. The van der Waals surface area contributed by atoms with Crippen molar-refractivity contribution in [1.82, 2.24) is 19.3 Å². The second-order valence-corrected chi connectivity index (χ2v) is 11.2. The zero-order valence-corrected chi connectivity index (χ0v) is 27.0. The molecule has 13 heteroatoms. The van der Waals surface area contributed by atoms with Gasteiger partial charge in [0.25, 0.3) is 11.5 Å². The van der Waals surface area contributed by atoms with Crippen LogP contribution < -0.4 is 25.1 Å². The van der Waals surface area contributed by atoms with E-state index in [-0.39, 0.29) is 5.56 Å². The van der Waals surface area contributed by atoms with Crippen LogP contribution in [0.2, 0.25) is 0 Å². The van der Waals surface area contributed by atoms with Crippen molar-refractivity contribution in [2.24, 2.45) is 0 Å². The second kappa shape index (κ2) is 14.7. The Morgan fingerprint density at radius 1 is 0.896 bits per heavy atom. The van der Waals surface area contributed by atoms with E-state index in [9.17, 15) is 14.0 Å². The molecule has 0 radical (unpaired) electrons. The van der Waals surface area contributed by atoms with Gasteiger partial charge in [-0.1, -0.05) is 0 Å². The molecule has 0 saturated heterocycles. The van der Waals surface area contributed by atoms with E-state index in [4.69, 9.17) is 23.7 Å². The van der Waals surface area contributed by atoms with E-state index >= 15 is 0 Å². The number of hydrogen-bond acceptors (Lipinski definition) is 9. The quantitative estimate of drug-likeness (QED) is 0.164. The smallest absolute Gasteiger partial charge is 0.284 e. The third-order valence-electron chi connectivity index (χ3n) is 7.97. The van der Waals surface area contributed by atoms with Crippen LogP contribution in [-0.4, -0.2) is 65.9 Å². The topological polar surface area (TPSA) is 128 Å². The van der Waals surface area contributed by atoms with Crippen LogP contribution in [0.15, 0.2) is 65.7 Å². The third kappa shape index (κ3) is 6.87. The normalized spacial score (nSPS) is 12.5. The van der Waals surface area contributed by atoms with Crippen LogP contribution in [0.1, 0.15) is 34.5 Å². The SMILES string of the molecule is COCCOc1cc2ncnc(Oc3ccc(NC(=O)c4c5n(n(-c6ccc(F)cc6)c4=O)CCCC5)cc3C)c2cc1OCCOC. The van der Waals surface area contributed by atoms with Crippen LogP contribution in [0.3, 0.4) is 0 Å². The number of fused-ring (bicyclic) bond motifs is 2. The van der Waals surface area contributed by atoms with Gasteiger partial charge >= 0.3 is 0 Å². The summed E-state index contributed by atoms with van der Waals surface area (Å²) in [5.74, 6) is 0.893. The number of aryl methyl sites for hydroxylation is 1. The number of amides is 1. The molecule has 0 bridgehead atoms. The molecule has 3 heterocycles. The van der Waals surface area contributed by atoms with Crippen LogP contribution in [-0.2, 0) is 22.4 Å². The largest absolute Gasteiger partial charge is 0.487 e. The van der Waals surface area contributed by atoms with Crippen molar-refractivity contribution < 1.29 is 32.9 Å². The lowest BCUT2D eigenvalue weighted by molar-refractivity contribution is 0.102. The minimum absolute atomic E-state index is 0.0820. The summed E-state index contributed by atoms with van der Waals surface area (Å²) in [6.07, 6.45) is 3.73. The molecule has 0 atom stereocenters. The number of hydrogen-bond donors (Lipinski definition) is 1. The molecule has 0 unspecified atom stereocenters. The van der Waals surface area contributed by atoms with Gasteiger partial charge in [-0.05, 0) is 80.3 Å². The van der Waals surface area contributed by atoms with E-state index in [0.29, 0.717) is 90.5 Å². The summed E-state index contributed by atoms with van der Waals surface area (Å²) in [7, 11) is 3.19. The minimum Gasteiger partial charge on any atom is -0.487 e. The zero-order valence-electron chi connectivity index (χ0n) is 27.0. The number of nitrogens with zero attached hydrogens (tertiary/aromatic N) is 4. The van der Waals surface area contributed by atoms with Gasteiger partial charge in [-0.2, -0.15) is 0 Å². The standard InChI is InChI=1S/C35H36FN5O7/c1-22-18-24(39-33(42)32-28-6-4-5-13-40(28)41(35(32)43)25-10-7-23(36)8-11-25)9-12-29(22)48-34-26-19-30(46-16-14-44-2)31(47-17-15-45-3)20-27(26)37-21-38-34/h7-12,18-21H,4-6,13-17H2,1-3H3,(H,39,42). The van der Waals surface area contributed by atoms with Gasteiger partial charge in [0.2, 0.25) is 5.88 Å². The highest BCUT2D eigenvalue weighted by Gasteiger charge is 2.28. The summed E-state index contributed by atoms with van der Waals surface area (Å²) in [5, 5.41) is 3.50. The molecule has 12 nitrogen and oxygen atoms in total. The molecule has 1 aliphatic heterocycles. The highest BCUT2D eigenvalue weighted by Crippen LogP contribution is 2.37.